The zero-order valence-electron chi connectivity index (χ0n) is 10.6. The number of ether oxygens (including phenoxy) is 1. The molecule has 2 heteroatoms. The molecule has 0 amide bonds. The lowest BCUT2D eigenvalue weighted by molar-refractivity contribution is -0.155. The Bertz CT molecular complexity index is 452. The molecule has 1 aromatic rings. The molecular weight excluding hydrogens is 212 g/mol. The molecule has 0 fully saturated rings. The molecule has 0 aliphatic heterocycles. The van der Waals surface area contributed by atoms with E-state index in [0.29, 0.717) is 0 Å². The first-order chi connectivity index (χ1) is 7.97. The van der Waals surface area contributed by atoms with Gasteiger partial charge in [-0.25, -0.2) is 0 Å². The van der Waals surface area contributed by atoms with Gasteiger partial charge in [0, 0.05) is 0 Å². The standard InChI is InChI=1S/C15H18O2/c1-15(2,3)17-14(16)13-10-6-8-11-7-4-5-9-12(11)13/h4-7,9-10,13H,8H2,1-3H3. The number of hydrogen-bond acceptors (Lipinski definition) is 2. The quantitative estimate of drug-likeness (QED) is 0.547. The number of carbonyl (C=O) groups is 1. The second-order valence-corrected chi connectivity index (χ2v) is 5.34. The van der Waals surface area contributed by atoms with Crippen LogP contribution < -0.4 is 0 Å². The summed E-state index contributed by atoms with van der Waals surface area (Å²) in [5.41, 5.74) is 1.85. The van der Waals surface area contributed by atoms with Crippen LogP contribution in [-0.2, 0) is 16.0 Å². The third kappa shape index (κ3) is 2.76. The van der Waals surface area contributed by atoms with E-state index in [4.69, 9.17) is 4.74 Å². The number of allylic oxidation sites excluding steroid dienone is 1. The van der Waals surface area contributed by atoms with Crippen molar-refractivity contribution in [1.29, 1.82) is 0 Å². The minimum absolute atomic E-state index is 0.166. The molecular formula is C15H18O2. The van der Waals surface area contributed by atoms with Crippen LogP contribution in [0.15, 0.2) is 36.4 Å². The third-order valence-electron chi connectivity index (χ3n) is 2.72. The highest BCUT2D eigenvalue weighted by Crippen LogP contribution is 2.29. The van der Waals surface area contributed by atoms with Gasteiger partial charge >= 0.3 is 5.97 Å². The van der Waals surface area contributed by atoms with E-state index >= 15 is 0 Å². The van der Waals surface area contributed by atoms with Crippen LogP contribution in [0.25, 0.3) is 0 Å². The van der Waals surface area contributed by atoms with Crippen molar-refractivity contribution in [3.63, 3.8) is 0 Å². The molecule has 1 atom stereocenters. The first kappa shape index (κ1) is 11.9. The van der Waals surface area contributed by atoms with Crippen molar-refractivity contribution >= 4 is 5.97 Å². The Kier molecular flexibility index (Phi) is 3.05. The van der Waals surface area contributed by atoms with Crippen LogP contribution in [0, 0.1) is 0 Å². The molecule has 0 radical (unpaired) electrons. The summed E-state index contributed by atoms with van der Waals surface area (Å²) in [7, 11) is 0. The lowest BCUT2D eigenvalue weighted by atomic mass is 9.88. The molecule has 17 heavy (non-hydrogen) atoms. The number of rotatable bonds is 1. The van der Waals surface area contributed by atoms with E-state index in [2.05, 4.69) is 6.07 Å². The SMILES string of the molecule is CC(C)(C)OC(=O)C1C=CCc2ccccc21. The Labute approximate surface area is 102 Å². The van der Waals surface area contributed by atoms with Crippen LogP contribution in [0.4, 0.5) is 0 Å². The van der Waals surface area contributed by atoms with E-state index < -0.39 is 5.60 Å². The summed E-state index contributed by atoms with van der Waals surface area (Å²) in [6, 6.07) is 8.04. The Morgan fingerprint density at radius 2 is 2.00 bits per heavy atom. The highest BCUT2D eigenvalue weighted by molar-refractivity contribution is 5.82. The topological polar surface area (TPSA) is 26.3 Å². The maximum Gasteiger partial charge on any atom is 0.317 e. The number of fused-ring (bicyclic) bond motifs is 1. The smallest absolute Gasteiger partial charge is 0.317 e. The Morgan fingerprint density at radius 3 is 2.71 bits per heavy atom. The predicted molar refractivity (Wildman–Crippen MR) is 67.9 cm³/mol. The summed E-state index contributed by atoms with van der Waals surface area (Å²) in [6.45, 7) is 5.68. The van der Waals surface area contributed by atoms with Gasteiger partial charge in [-0.1, -0.05) is 36.4 Å². The molecule has 0 N–H and O–H groups in total. The first-order valence-electron chi connectivity index (χ1n) is 5.95. The van der Waals surface area contributed by atoms with Gasteiger partial charge in [0.1, 0.15) is 11.5 Å². The van der Waals surface area contributed by atoms with Crippen LogP contribution in [0.2, 0.25) is 0 Å². The Morgan fingerprint density at radius 1 is 1.29 bits per heavy atom. The normalized spacial score (nSPS) is 18.6. The average molecular weight is 230 g/mol. The number of benzene rings is 1. The van der Waals surface area contributed by atoms with Crippen molar-refractivity contribution in [3.8, 4) is 0 Å². The Balaban J connectivity index is 2.25. The molecule has 0 aromatic heterocycles. The van der Waals surface area contributed by atoms with Gasteiger partial charge in [0.05, 0.1) is 0 Å². The largest absolute Gasteiger partial charge is 0.459 e. The second kappa shape index (κ2) is 4.36. The van der Waals surface area contributed by atoms with E-state index in [0.717, 1.165) is 12.0 Å². The molecule has 0 saturated carbocycles. The van der Waals surface area contributed by atoms with Gasteiger partial charge in [-0.2, -0.15) is 0 Å². The maximum atomic E-state index is 12.1. The minimum Gasteiger partial charge on any atom is -0.459 e. The molecule has 1 aromatic carbocycles. The fourth-order valence-electron chi connectivity index (χ4n) is 2.03. The maximum absolute atomic E-state index is 12.1. The van der Waals surface area contributed by atoms with E-state index in [1.54, 1.807) is 0 Å². The Hall–Kier alpha value is -1.57. The van der Waals surface area contributed by atoms with Gasteiger partial charge in [0.2, 0.25) is 0 Å². The van der Waals surface area contributed by atoms with Crippen molar-refractivity contribution in [1.82, 2.24) is 0 Å². The van der Waals surface area contributed by atoms with Gasteiger partial charge in [-0.3, -0.25) is 4.79 Å². The molecule has 0 heterocycles. The predicted octanol–water partition coefficient (Wildman–Crippen LogP) is 3.22. The average Bonchev–Trinajstić information content (AvgIpc) is 2.26. The molecule has 2 rings (SSSR count). The molecule has 0 saturated heterocycles. The summed E-state index contributed by atoms with van der Waals surface area (Å²) in [6.07, 6.45) is 4.88. The highest BCUT2D eigenvalue weighted by Gasteiger charge is 2.27. The van der Waals surface area contributed by atoms with Gasteiger partial charge < -0.3 is 4.74 Å². The molecule has 1 aliphatic rings. The van der Waals surface area contributed by atoms with Crippen LogP contribution in [0.3, 0.4) is 0 Å². The van der Waals surface area contributed by atoms with Crippen molar-refractivity contribution in [2.24, 2.45) is 0 Å². The number of hydrogen-bond donors (Lipinski definition) is 0. The van der Waals surface area contributed by atoms with Crippen molar-refractivity contribution < 1.29 is 9.53 Å². The minimum atomic E-state index is -0.433. The van der Waals surface area contributed by atoms with Crippen LogP contribution >= 0.6 is 0 Å². The second-order valence-electron chi connectivity index (χ2n) is 5.34. The molecule has 0 bridgehead atoms. The van der Waals surface area contributed by atoms with Gasteiger partial charge in [-0.15, -0.1) is 0 Å². The monoisotopic (exact) mass is 230 g/mol. The lowest BCUT2D eigenvalue weighted by Crippen LogP contribution is -2.28. The van der Waals surface area contributed by atoms with Crippen molar-refractivity contribution in [3.05, 3.63) is 47.5 Å². The molecule has 1 aliphatic carbocycles. The van der Waals surface area contributed by atoms with E-state index in [9.17, 15) is 4.79 Å². The zero-order chi connectivity index (χ0) is 12.5. The van der Waals surface area contributed by atoms with Gasteiger partial charge in [0.15, 0.2) is 0 Å². The summed E-state index contributed by atoms with van der Waals surface area (Å²) < 4.78 is 5.44. The molecule has 0 spiro atoms. The van der Waals surface area contributed by atoms with Crippen LogP contribution in [0.5, 0.6) is 0 Å². The molecule has 1 unspecified atom stereocenters. The van der Waals surface area contributed by atoms with Crippen molar-refractivity contribution in [2.75, 3.05) is 0 Å². The van der Waals surface area contributed by atoms with E-state index in [1.165, 1.54) is 5.56 Å². The summed E-state index contributed by atoms with van der Waals surface area (Å²) in [5.74, 6) is -0.417. The lowest BCUT2D eigenvalue weighted by Gasteiger charge is -2.25. The summed E-state index contributed by atoms with van der Waals surface area (Å²) in [5, 5.41) is 0. The molecule has 2 nitrogen and oxygen atoms in total. The van der Waals surface area contributed by atoms with Gasteiger partial charge in [0.25, 0.3) is 0 Å². The number of carbonyl (C=O) groups excluding carboxylic acids is 1. The first-order valence-corrected chi connectivity index (χ1v) is 5.95. The summed E-state index contributed by atoms with van der Waals surface area (Å²) in [4.78, 5) is 12.1. The fourth-order valence-corrected chi connectivity index (χ4v) is 2.03. The number of esters is 1. The van der Waals surface area contributed by atoms with E-state index in [-0.39, 0.29) is 11.9 Å². The zero-order valence-corrected chi connectivity index (χ0v) is 10.6. The van der Waals surface area contributed by atoms with Crippen LogP contribution in [0.1, 0.15) is 37.8 Å². The highest BCUT2D eigenvalue weighted by atomic mass is 16.6. The summed E-state index contributed by atoms with van der Waals surface area (Å²) >= 11 is 0. The van der Waals surface area contributed by atoms with Crippen molar-refractivity contribution in [2.45, 2.75) is 38.7 Å². The molecule has 90 valence electrons. The third-order valence-corrected chi connectivity index (χ3v) is 2.72. The van der Waals surface area contributed by atoms with E-state index in [1.807, 2.05) is 51.1 Å². The van der Waals surface area contributed by atoms with Gasteiger partial charge in [-0.05, 0) is 38.3 Å². The van der Waals surface area contributed by atoms with Crippen LogP contribution in [-0.4, -0.2) is 11.6 Å². The fraction of sp³-hybridized carbons (Fsp3) is 0.400.